The zero-order valence-electron chi connectivity index (χ0n) is 16.2. The van der Waals surface area contributed by atoms with E-state index >= 15 is 0 Å². The summed E-state index contributed by atoms with van der Waals surface area (Å²) in [5, 5.41) is 3.01. The Balaban J connectivity index is 1.65. The van der Waals surface area contributed by atoms with Crippen molar-refractivity contribution in [1.82, 2.24) is 9.62 Å². The lowest BCUT2D eigenvalue weighted by Crippen LogP contribution is -2.41. The zero-order valence-corrected chi connectivity index (χ0v) is 17.0. The first-order chi connectivity index (χ1) is 13.3. The molecule has 0 saturated carbocycles. The number of nitrogens with one attached hydrogen (secondary N) is 1. The summed E-state index contributed by atoms with van der Waals surface area (Å²) in [4.78, 5) is 12.8. The molecule has 1 amide bonds. The normalized spacial score (nSPS) is 17.1. The van der Waals surface area contributed by atoms with E-state index in [1.54, 1.807) is 18.2 Å². The zero-order chi connectivity index (χ0) is 20.1. The van der Waals surface area contributed by atoms with Crippen molar-refractivity contribution in [3.05, 3.63) is 65.7 Å². The molecule has 0 aliphatic carbocycles. The monoisotopic (exact) mass is 402 g/mol. The number of ether oxygens (including phenoxy) is 1. The second kappa shape index (κ2) is 8.75. The maximum Gasteiger partial charge on any atom is 0.255 e. The molecule has 1 fully saturated rings. The van der Waals surface area contributed by atoms with Gasteiger partial charge in [0.25, 0.3) is 5.91 Å². The van der Waals surface area contributed by atoms with Crippen molar-refractivity contribution in [2.75, 3.05) is 19.3 Å². The third-order valence-corrected chi connectivity index (χ3v) is 6.25. The molecule has 1 aliphatic heterocycles. The Morgan fingerprint density at radius 1 is 1.07 bits per heavy atom. The van der Waals surface area contributed by atoms with E-state index in [4.69, 9.17) is 4.74 Å². The number of piperidine rings is 1. The average Bonchev–Trinajstić information content (AvgIpc) is 2.68. The summed E-state index contributed by atoms with van der Waals surface area (Å²) < 4.78 is 30.8. The van der Waals surface area contributed by atoms with Gasteiger partial charge in [-0.15, -0.1) is 0 Å². The Morgan fingerprint density at radius 2 is 1.68 bits per heavy atom. The molecule has 1 saturated heterocycles. The fourth-order valence-corrected chi connectivity index (χ4v) is 4.19. The molecule has 0 aromatic heterocycles. The third-order valence-electron chi connectivity index (χ3n) is 4.94. The molecule has 0 spiro atoms. The predicted octanol–water partition coefficient (Wildman–Crippen LogP) is 2.98. The maximum atomic E-state index is 12.8. The molecule has 0 unspecified atom stereocenters. The molecular formula is C21H26N2O4S. The van der Waals surface area contributed by atoms with Crippen molar-refractivity contribution in [3.63, 3.8) is 0 Å². The number of amides is 1. The van der Waals surface area contributed by atoms with E-state index in [1.807, 2.05) is 43.3 Å². The van der Waals surface area contributed by atoms with Gasteiger partial charge >= 0.3 is 0 Å². The minimum absolute atomic E-state index is 0.113. The maximum absolute atomic E-state index is 12.8. The Kier molecular flexibility index (Phi) is 6.36. The Labute approximate surface area is 166 Å². The van der Waals surface area contributed by atoms with E-state index in [1.165, 1.54) is 10.6 Å². The van der Waals surface area contributed by atoms with Gasteiger partial charge in [0, 0.05) is 13.1 Å². The molecule has 0 bridgehead atoms. The second-order valence-corrected chi connectivity index (χ2v) is 9.06. The summed E-state index contributed by atoms with van der Waals surface area (Å²) in [5.41, 5.74) is 1.51. The van der Waals surface area contributed by atoms with Crippen molar-refractivity contribution in [2.45, 2.75) is 31.9 Å². The molecule has 7 heteroatoms. The highest BCUT2D eigenvalue weighted by Gasteiger charge is 2.27. The Hall–Kier alpha value is -2.38. The van der Waals surface area contributed by atoms with Gasteiger partial charge in [-0.2, -0.15) is 0 Å². The van der Waals surface area contributed by atoms with Gasteiger partial charge in [-0.3, -0.25) is 4.79 Å². The van der Waals surface area contributed by atoms with Gasteiger partial charge in [0.1, 0.15) is 11.9 Å². The van der Waals surface area contributed by atoms with Gasteiger partial charge in [0.15, 0.2) is 0 Å². The van der Waals surface area contributed by atoms with Gasteiger partial charge in [-0.05, 0) is 37.5 Å². The van der Waals surface area contributed by atoms with Crippen LogP contribution in [0, 0.1) is 0 Å². The number of para-hydroxylation sites is 1. The van der Waals surface area contributed by atoms with E-state index in [0.717, 1.165) is 5.56 Å². The minimum atomic E-state index is -3.17. The molecule has 6 nitrogen and oxygen atoms in total. The van der Waals surface area contributed by atoms with Gasteiger partial charge in [-0.25, -0.2) is 12.7 Å². The number of nitrogens with zero attached hydrogens (tertiary/aromatic N) is 1. The number of sulfonamides is 1. The highest BCUT2D eigenvalue weighted by molar-refractivity contribution is 7.88. The lowest BCUT2D eigenvalue weighted by molar-refractivity contribution is 0.0925. The highest BCUT2D eigenvalue weighted by Crippen LogP contribution is 2.24. The lowest BCUT2D eigenvalue weighted by atomic mass is 10.1. The van der Waals surface area contributed by atoms with Crippen molar-refractivity contribution >= 4 is 15.9 Å². The predicted molar refractivity (Wildman–Crippen MR) is 109 cm³/mol. The van der Waals surface area contributed by atoms with E-state index in [2.05, 4.69) is 5.32 Å². The number of carbonyl (C=O) groups excluding carboxylic acids is 1. The first-order valence-electron chi connectivity index (χ1n) is 9.41. The fraction of sp³-hybridized carbons (Fsp3) is 0.381. The molecule has 3 rings (SSSR count). The molecule has 0 radical (unpaired) electrons. The smallest absolute Gasteiger partial charge is 0.255 e. The SMILES string of the molecule is C[C@H](NC(=O)c1ccccc1OC1CCN(S(C)(=O)=O)CC1)c1ccccc1. The van der Waals surface area contributed by atoms with Crippen molar-refractivity contribution in [1.29, 1.82) is 0 Å². The van der Waals surface area contributed by atoms with Gasteiger partial charge in [-0.1, -0.05) is 42.5 Å². The standard InChI is InChI=1S/C21H26N2O4S/c1-16(17-8-4-3-5-9-17)22-21(24)19-10-6-7-11-20(19)27-18-12-14-23(15-13-18)28(2,25)26/h3-11,16,18H,12-15H2,1-2H3,(H,22,24)/t16-/m0/s1. The molecule has 1 heterocycles. The van der Waals surface area contributed by atoms with Crippen molar-refractivity contribution < 1.29 is 17.9 Å². The summed E-state index contributed by atoms with van der Waals surface area (Å²) >= 11 is 0. The summed E-state index contributed by atoms with van der Waals surface area (Å²) in [7, 11) is -3.17. The Morgan fingerprint density at radius 3 is 2.32 bits per heavy atom. The van der Waals surface area contributed by atoms with E-state index in [0.29, 0.717) is 37.2 Å². The van der Waals surface area contributed by atoms with Crippen LogP contribution in [0.2, 0.25) is 0 Å². The van der Waals surface area contributed by atoms with Crippen LogP contribution in [0.3, 0.4) is 0 Å². The van der Waals surface area contributed by atoms with Crippen molar-refractivity contribution in [2.24, 2.45) is 0 Å². The molecule has 150 valence electrons. The highest BCUT2D eigenvalue weighted by atomic mass is 32.2. The summed E-state index contributed by atoms with van der Waals surface area (Å²) in [5.74, 6) is 0.332. The third kappa shape index (κ3) is 5.11. The topological polar surface area (TPSA) is 75.7 Å². The second-order valence-electron chi connectivity index (χ2n) is 7.08. The first-order valence-corrected chi connectivity index (χ1v) is 11.3. The van der Waals surface area contributed by atoms with E-state index in [9.17, 15) is 13.2 Å². The number of rotatable bonds is 6. The molecule has 1 atom stereocenters. The number of hydrogen-bond donors (Lipinski definition) is 1. The van der Waals surface area contributed by atoms with Crippen LogP contribution in [0.15, 0.2) is 54.6 Å². The Bertz CT molecular complexity index is 907. The van der Waals surface area contributed by atoms with Crippen LogP contribution in [0.1, 0.15) is 41.7 Å². The van der Waals surface area contributed by atoms with Gasteiger partial charge < -0.3 is 10.1 Å². The lowest BCUT2D eigenvalue weighted by Gasteiger charge is -2.30. The van der Waals surface area contributed by atoms with Crippen molar-refractivity contribution in [3.8, 4) is 5.75 Å². The van der Waals surface area contributed by atoms with Crippen LogP contribution in [-0.2, 0) is 10.0 Å². The number of benzene rings is 2. The molecule has 28 heavy (non-hydrogen) atoms. The van der Waals surface area contributed by atoms with Crippen LogP contribution >= 0.6 is 0 Å². The average molecular weight is 403 g/mol. The van der Waals surface area contributed by atoms with Crippen LogP contribution in [0.5, 0.6) is 5.75 Å². The molecule has 2 aromatic carbocycles. The summed E-state index contributed by atoms with van der Waals surface area (Å²) in [6.07, 6.45) is 2.31. The molecule has 2 aromatic rings. The van der Waals surface area contributed by atoms with E-state index < -0.39 is 10.0 Å². The van der Waals surface area contributed by atoms with Crippen LogP contribution < -0.4 is 10.1 Å². The largest absolute Gasteiger partial charge is 0.489 e. The summed E-state index contributed by atoms with van der Waals surface area (Å²) in [6, 6.07) is 16.8. The van der Waals surface area contributed by atoms with Gasteiger partial charge in [0.05, 0.1) is 17.9 Å². The number of hydrogen-bond acceptors (Lipinski definition) is 4. The van der Waals surface area contributed by atoms with Crippen LogP contribution in [-0.4, -0.2) is 44.1 Å². The molecular weight excluding hydrogens is 376 g/mol. The van der Waals surface area contributed by atoms with Crippen LogP contribution in [0.25, 0.3) is 0 Å². The minimum Gasteiger partial charge on any atom is -0.489 e. The first kappa shape index (κ1) is 20.4. The van der Waals surface area contributed by atoms with E-state index in [-0.39, 0.29) is 18.1 Å². The van der Waals surface area contributed by atoms with Crippen LogP contribution in [0.4, 0.5) is 0 Å². The fourth-order valence-electron chi connectivity index (χ4n) is 3.32. The number of carbonyl (C=O) groups is 1. The van der Waals surface area contributed by atoms with Gasteiger partial charge in [0.2, 0.25) is 10.0 Å². The molecule has 1 aliphatic rings. The quantitative estimate of drug-likeness (QED) is 0.806. The molecule has 1 N–H and O–H groups in total. The summed E-state index contributed by atoms with van der Waals surface area (Å²) in [6.45, 7) is 2.81.